The van der Waals surface area contributed by atoms with Crippen molar-refractivity contribution in [3.63, 3.8) is 0 Å². The van der Waals surface area contributed by atoms with Gasteiger partial charge in [-0.05, 0) is 60.7 Å². The molecule has 0 N–H and O–H groups in total. The first kappa shape index (κ1) is 22.0. The Morgan fingerprint density at radius 2 is 1.72 bits per heavy atom. The molecule has 166 valence electrons. The Kier molecular flexibility index (Phi) is 6.02. The van der Waals surface area contributed by atoms with E-state index in [-0.39, 0.29) is 9.79 Å². The van der Waals surface area contributed by atoms with Gasteiger partial charge in [-0.3, -0.25) is 0 Å². The lowest BCUT2D eigenvalue weighted by atomic mass is 10.2. The first-order valence-electron chi connectivity index (χ1n) is 9.42. The summed E-state index contributed by atoms with van der Waals surface area (Å²) in [5.74, 6) is 0.571. The molecule has 0 aliphatic heterocycles. The van der Waals surface area contributed by atoms with Crippen molar-refractivity contribution in [1.82, 2.24) is 4.57 Å². The Balaban J connectivity index is 1.75. The Bertz CT molecular complexity index is 1400. The van der Waals surface area contributed by atoms with E-state index >= 15 is 0 Å². The van der Waals surface area contributed by atoms with Gasteiger partial charge < -0.3 is 13.9 Å². The van der Waals surface area contributed by atoms with E-state index in [2.05, 4.69) is 4.28 Å². The zero-order valence-electron chi connectivity index (χ0n) is 17.2. The molecule has 1 atom stereocenters. The Labute approximate surface area is 188 Å². The van der Waals surface area contributed by atoms with Crippen LogP contribution >= 0.6 is 0 Å². The molecule has 32 heavy (non-hydrogen) atoms. The molecule has 0 aliphatic carbocycles. The van der Waals surface area contributed by atoms with Crippen molar-refractivity contribution in [2.75, 3.05) is 19.2 Å². The number of aromatic nitrogens is 1. The molecule has 0 amide bonds. The number of nitrogens with zero attached hydrogens (tertiary/aromatic N) is 2. The van der Waals surface area contributed by atoms with Gasteiger partial charge in [-0.25, -0.2) is 17.7 Å². The summed E-state index contributed by atoms with van der Waals surface area (Å²) in [4.78, 5) is 0.319. The quantitative estimate of drug-likeness (QED) is 0.300. The molecule has 0 fully saturated rings. The van der Waals surface area contributed by atoms with Crippen LogP contribution in [0.1, 0.15) is 0 Å². The minimum Gasteiger partial charge on any atom is -0.748 e. The largest absolute Gasteiger partial charge is 0.748 e. The molecule has 1 unspecified atom stereocenters. The van der Waals surface area contributed by atoms with Crippen LogP contribution in [0.4, 0.5) is 5.69 Å². The van der Waals surface area contributed by atoms with Crippen LogP contribution in [-0.4, -0.2) is 35.9 Å². The van der Waals surface area contributed by atoms with Crippen molar-refractivity contribution in [2.45, 2.75) is 9.79 Å². The van der Waals surface area contributed by atoms with Crippen molar-refractivity contribution < 1.29 is 26.2 Å². The lowest BCUT2D eigenvalue weighted by molar-refractivity contribution is 0.289. The highest BCUT2D eigenvalue weighted by Gasteiger charge is 2.19. The van der Waals surface area contributed by atoms with Gasteiger partial charge in [0.05, 0.1) is 28.1 Å². The van der Waals surface area contributed by atoms with Crippen molar-refractivity contribution in [1.29, 1.82) is 0 Å². The summed E-state index contributed by atoms with van der Waals surface area (Å²) in [6.07, 6.45) is 1.82. The summed E-state index contributed by atoms with van der Waals surface area (Å²) in [7, 11) is -0.735. The number of ether oxygens (including phenoxy) is 1. The number of anilines is 1. The van der Waals surface area contributed by atoms with Gasteiger partial charge in [-0.1, -0.05) is 12.1 Å². The van der Waals surface area contributed by atoms with E-state index in [1.54, 1.807) is 48.5 Å². The van der Waals surface area contributed by atoms with E-state index in [0.29, 0.717) is 17.1 Å². The molecule has 8 nitrogen and oxygen atoms in total. The molecule has 0 aliphatic rings. The SMILES string of the molecule is COc1ccc(S(=O)(=O)c2cccc(-n3ccc4ccc(N(C)OS(=O)[O-])cc43)c2)cc1. The van der Waals surface area contributed by atoms with Crippen molar-refractivity contribution in [2.24, 2.45) is 0 Å². The van der Waals surface area contributed by atoms with E-state index in [4.69, 9.17) is 4.74 Å². The van der Waals surface area contributed by atoms with Crippen molar-refractivity contribution >= 4 is 37.8 Å². The number of hydrogen-bond donors (Lipinski definition) is 0. The third-order valence-corrected chi connectivity index (χ3v) is 7.10. The highest BCUT2D eigenvalue weighted by molar-refractivity contribution is 7.91. The number of hydrogen-bond acceptors (Lipinski definition) is 7. The number of sulfone groups is 1. The predicted octanol–water partition coefficient (Wildman–Crippen LogP) is 3.63. The average molecular weight is 472 g/mol. The fourth-order valence-electron chi connectivity index (χ4n) is 3.36. The number of methoxy groups -OCH3 is 1. The van der Waals surface area contributed by atoms with Crippen LogP contribution < -0.4 is 9.80 Å². The second-order valence-electron chi connectivity index (χ2n) is 6.88. The monoisotopic (exact) mass is 471 g/mol. The van der Waals surface area contributed by atoms with Crippen LogP contribution in [0.2, 0.25) is 0 Å². The molecule has 1 heterocycles. The predicted molar refractivity (Wildman–Crippen MR) is 120 cm³/mol. The third kappa shape index (κ3) is 4.26. The highest BCUT2D eigenvalue weighted by Crippen LogP contribution is 2.28. The first-order chi connectivity index (χ1) is 15.3. The van der Waals surface area contributed by atoms with E-state index in [1.165, 1.54) is 26.3 Å². The lowest BCUT2D eigenvalue weighted by Crippen LogP contribution is -2.18. The van der Waals surface area contributed by atoms with Gasteiger partial charge in [0.15, 0.2) is 0 Å². The second kappa shape index (κ2) is 8.75. The smallest absolute Gasteiger partial charge is 0.206 e. The zero-order chi connectivity index (χ0) is 22.9. The van der Waals surface area contributed by atoms with Gasteiger partial charge in [0, 0.05) is 24.3 Å². The molecule has 3 aromatic carbocycles. The van der Waals surface area contributed by atoms with Gasteiger partial charge in [0.2, 0.25) is 9.84 Å². The molecule has 10 heteroatoms. The van der Waals surface area contributed by atoms with Crippen LogP contribution in [-0.2, 0) is 25.5 Å². The van der Waals surface area contributed by atoms with E-state index in [1.807, 2.05) is 22.9 Å². The number of fused-ring (bicyclic) bond motifs is 1. The molecular weight excluding hydrogens is 452 g/mol. The average Bonchev–Trinajstić information content (AvgIpc) is 3.22. The van der Waals surface area contributed by atoms with Gasteiger partial charge in [0.25, 0.3) is 0 Å². The summed E-state index contributed by atoms with van der Waals surface area (Å²) < 4.78 is 59.6. The molecule has 4 rings (SSSR count). The summed E-state index contributed by atoms with van der Waals surface area (Å²) in [5, 5.41) is 2.03. The van der Waals surface area contributed by atoms with Crippen LogP contribution in [0.3, 0.4) is 0 Å². The van der Waals surface area contributed by atoms with Crippen LogP contribution in [0.5, 0.6) is 5.75 Å². The van der Waals surface area contributed by atoms with E-state index in [9.17, 15) is 17.2 Å². The van der Waals surface area contributed by atoms with Crippen LogP contribution in [0, 0.1) is 0 Å². The molecule has 0 saturated carbocycles. The Hall–Kier alpha value is -3.18. The van der Waals surface area contributed by atoms with Gasteiger partial charge in [0.1, 0.15) is 17.1 Å². The topological polar surface area (TPSA) is 101 Å². The normalized spacial score (nSPS) is 12.6. The van der Waals surface area contributed by atoms with Crippen molar-refractivity contribution in [3.05, 3.63) is 79.0 Å². The molecule has 0 saturated heterocycles. The zero-order valence-corrected chi connectivity index (χ0v) is 18.8. The van der Waals surface area contributed by atoms with E-state index < -0.39 is 21.2 Å². The number of benzene rings is 3. The minimum absolute atomic E-state index is 0.153. The number of rotatable bonds is 7. The van der Waals surface area contributed by atoms with Crippen molar-refractivity contribution in [3.8, 4) is 11.4 Å². The maximum absolute atomic E-state index is 13.1. The molecule has 1 aromatic heterocycles. The first-order valence-corrected chi connectivity index (χ1v) is 11.9. The lowest BCUT2D eigenvalue weighted by Gasteiger charge is -2.19. The van der Waals surface area contributed by atoms with Gasteiger partial charge in [-0.15, -0.1) is 0 Å². The number of hydroxylamine groups is 1. The second-order valence-corrected chi connectivity index (χ2v) is 9.39. The molecule has 0 spiro atoms. The summed E-state index contributed by atoms with van der Waals surface area (Å²) in [6, 6.07) is 20.0. The minimum atomic E-state index is -3.73. The standard InChI is InChI=1S/C22H20N2O6S2/c1-23(30-31(25)26)17-7-6-16-12-13-24(22(16)15-17)18-4-3-5-21(14-18)32(27,28)20-10-8-19(29-2)9-11-20/h3-15H,1-2H3,(H,25,26)/p-1. The maximum atomic E-state index is 13.1. The van der Waals surface area contributed by atoms with E-state index in [0.717, 1.165) is 16.0 Å². The highest BCUT2D eigenvalue weighted by atomic mass is 32.2. The third-order valence-electron chi connectivity index (χ3n) is 4.99. The van der Waals surface area contributed by atoms with Gasteiger partial charge >= 0.3 is 0 Å². The fraction of sp³-hybridized carbons (Fsp3) is 0.0909. The summed E-state index contributed by atoms with van der Waals surface area (Å²) >= 11 is -2.70. The summed E-state index contributed by atoms with van der Waals surface area (Å²) in [6.45, 7) is 0. The maximum Gasteiger partial charge on any atom is 0.206 e. The fourth-order valence-corrected chi connectivity index (χ4v) is 4.93. The molecule has 0 radical (unpaired) electrons. The Morgan fingerprint density at radius 1 is 0.969 bits per heavy atom. The van der Waals surface area contributed by atoms with Crippen LogP contribution in [0.25, 0.3) is 16.6 Å². The molecule has 4 aromatic rings. The summed E-state index contributed by atoms with van der Waals surface area (Å²) in [5.41, 5.74) is 1.92. The molecular formula is C22H19N2O6S2-. The molecule has 0 bridgehead atoms. The Morgan fingerprint density at radius 3 is 2.41 bits per heavy atom. The van der Waals surface area contributed by atoms with Crippen LogP contribution in [0.15, 0.2) is 88.8 Å². The van der Waals surface area contributed by atoms with Gasteiger partial charge in [-0.2, -0.15) is 4.28 Å².